The Labute approximate surface area is 125 Å². The molecular formula is C14H16F3N5. The van der Waals surface area contributed by atoms with Crippen LogP contribution in [-0.4, -0.2) is 32.8 Å². The molecule has 2 aromatic rings. The van der Waals surface area contributed by atoms with E-state index in [1.807, 2.05) is 0 Å². The summed E-state index contributed by atoms with van der Waals surface area (Å²) in [7, 11) is 1.73. The van der Waals surface area contributed by atoms with Crippen LogP contribution in [0.2, 0.25) is 0 Å². The SMILES string of the molecule is Cc1nn(C)cc1-c1cc(C(F)(F)F)nc(N2CCCC2)n1. The molecule has 3 heterocycles. The fraction of sp³-hybridized carbons (Fsp3) is 0.500. The Balaban J connectivity index is 2.12. The number of rotatable bonds is 2. The van der Waals surface area contributed by atoms with E-state index in [0.717, 1.165) is 18.9 Å². The lowest BCUT2D eigenvalue weighted by Gasteiger charge is -2.17. The van der Waals surface area contributed by atoms with Gasteiger partial charge in [0.2, 0.25) is 5.95 Å². The van der Waals surface area contributed by atoms with Crippen LogP contribution in [0, 0.1) is 6.92 Å². The first kappa shape index (κ1) is 14.8. The first-order valence-electron chi connectivity index (χ1n) is 7.06. The second-order valence-corrected chi connectivity index (χ2v) is 5.43. The lowest BCUT2D eigenvalue weighted by molar-refractivity contribution is -0.141. The van der Waals surface area contributed by atoms with Gasteiger partial charge in [-0.3, -0.25) is 4.68 Å². The molecule has 0 aromatic carbocycles. The molecule has 22 heavy (non-hydrogen) atoms. The Morgan fingerprint density at radius 1 is 1.14 bits per heavy atom. The first-order chi connectivity index (χ1) is 10.3. The number of halogens is 3. The number of aryl methyl sites for hydroxylation is 2. The fourth-order valence-electron chi connectivity index (χ4n) is 2.63. The van der Waals surface area contributed by atoms with Crippen LogP contribution in [0.5, 0.6) is 0 Å². The molecule has 8 heteroatoms. The molecule has 0 radical (unpaired) electrons. The van der Waals surface area contributed by atoms with Gasteiger partial charge in [0.05, 0.1) is 11.4 Å². The van der Waals surface area contributed by atoms with E-state index in [1.165, 1.54) is 0 Å². The van der Waals surface area contributed by atoms with Crippen molar-refractivity contribution in [2.75, 3.05) is 18.0 Å². The van der Waals surface area contributed by atoms with Gasteiger partial charge in [-0.1, -0.05) is 0 Å². The predicted octanol–water partition coefficient (Wildman–Crippen LogP) is 2.80. The average Bonchev–Trinajstić information content (AvgIpc) is 3.07. The van der Waals surface area contributed by atoms with Crippen molar-refractivity contribution in [2.24, 2.45) is 7.05 Å². The second-order valence-electron chi connectivity index (χ2n) is 5.43. The summed E-state index contributed by atoms with van der Waals surface area (Å²) in [5.41, 5.74) is 0.579. The van der Waals surface area contributed by atoms with E-state index in [-0.39, 0.29) is 11.6 Å². The van der Waals surface area contributed by atoms with Crippen molar-refractivity contribution in [3.05, 3.63) is 23.7 Å². The molecule has 1 fully saturated rings. The second kappa shape index (κ2) is 5.26. The maximum absolute atomic E-state index is 13.1. The monoisotopic (exact) mass is 311 g/mol. The molecular weight excluding hydrogens is 295 g/mol. The number of hydrogen-bond donors (Lipinski definition) is 0. The maximum atomic E-state index is 13.1. The zero-order chi connectivity index (χ0) is 15.9. The molecule has 0 atom stereocenters. The van der Waals surface area contributed by atoms with Gasteiger partial charge in [0.1, 0.15) is 0 Å². The molecule has 118 valence electrons. The van der Waals surface area contributed by atoms with Gasteiger partial charge in [0, 0.05) is 31.9 Å². The normalized spacial score (nSPS) is 15.6. The number of anilines is 1. The molecule has 0 saturated carbocycles. The highest BCUT2D eigenvalue weighted by Gasteiger charge is 2.34. The molecule has 0 amide bonds. The van der Waals surface area contributed by atoms with Gasteiger partial charge in [-0.2, -0.15) is 18.3 Å². The minimum atomic E-state index is -4.50. The molecule has 2 aromatic heterocycles. The first-order valence-corrected chi connectivity index (χ1v) is 7.06. The Morgan fingerprint density at radius 2 is 1.82 bits per heavy atom. The molecule has 1 saturated heterocycles. The van der Waals surface area contributed by atoms with E-state index >= 15 is 0 Å². The van der Waals surface area contributed by atoms with Gasteiger partial charge in [0.25, 0.3) is 0 Å². The summed E-state index contributed by atoms with van der Waals surface area (Å²) in [6.07, 6.45) is -0.935. The molecule has 1 aliphatic heterocycles. The highest BCUT2D eigenvalue weighted by atomic mass is 19.4. The van der Waals surface area contributed by atoms with Crippen molar-refractivity contribution in [1.29, 1.82) is 0 Å². The van der Waals surface area contributed by atoms with Gasteiger partial charge in [-0.25, -0.2) is 9.97 Å². The van der Waals surface area contributed by atoms with E-state index in [9.17, 15) is 13.2 Å². The van der Waals surface area contributed by atoms with E-state index in [4.69, 9.17) is 0 Å². The summed E-state index contributed by atoms with van der Waals surface area (Å²) in [5, 5.41) is 4.17. The number of aromatic nitrogens is 4. The highest BCUT2D eigenvalue weighted by Crippen LogP contribution is 2.33. The van der Waals surface area contributed by atoms with Crippen LogP contribution >= 0.6 is 0 Å². The van der Waals surface area contributed by atoms with Gasteiger partial charge < -0.3 is 4.90 Å². The van der Waals surface area contributed by atoms with Gasteiger partial charge in [-0.05, 0) is 25.8 Å². The minimum absolute atomic E-state index is 0.144. The van der Waals surface area contributed by atoms with Gasteiger partial charge in [0.15, 0.2) is 5.69 Å². The molecule has 0 aliphatic carbocycles. The zero-order valence-electron chi connectivity index (χ0n) is 12.4. The third-order valence-corrected chi connectivity index (χ3v) is 3.68. The quantitative estimate of drug-likeness (QED) is 0.855. The van der Waals surface area contributed by atoms with E-state index in [2.05, 4.69) is 15.1 Å². The zero-order valence-corrected chi connectivity index (χ0v) is 12.4. The Bertz CT molecular complexity index is 686. The van der Waals surface area contributed by atoms with Crippen molar-refractivity contribution in [3.63, 3.8) is 0 Å². The van der Waals surface area contributed by atoms with Crippen LogP contribution in [0.4, 0.5) is 19.1 Å². The van der Waals surface area contributed by atoms with Crippen LogP contribution in [0.25, 0.3) is 11.3 Å². The summed E-state index contributed by atoms with van der Waals surface area (Å²) < 4.78 is 40.9. The smallest absolute Gasteiger partial charge is 0.341 e. The highest BCUT2D eigenvalue weighted by molar-refractivity contribution is 5.63. The Morgan fingerprint density at radius 3 is 2.36 bits per heavy atom. The van der Waals surface area contributed by atoms with Crippen LogP contribution in [0.3, 0.4) is 0 Å². The predicted molar refractivity (Wildman–Crippen MR) is 75.4 cm³/mol. The minimum Gasteiger partial charge on any atom is -0.341 e. The van der Waals surface area contributed by atoms with Crippen LogP contribution < -0.4 is 4.90 Å². The van der Waals surface area contributed by atoms with Crippen molar-refractivity contribution in [3.8, 4) is 11.3 Å². The third kappa shape index (κ3) is 2.77. The summed E-state index contributed by atoms with van der Waals surface area (Å²) in [6, 6.07) is 0.990. The summed E-state index contributed by atoms with van der Waals surface area (Å²) in [4.78, 5) is 9.84. The summed E-state index contributed by atoms with van der Waals surface area (Å²) in [5.74, 6) is 0.144. The molecule has 0 spiro atoms. The van der Waals surface area contributed by atoms with Crippen molar-refractivity contribution in [2.45, 2.75) is 25.9 Å². The largest absolute Gasteiger partial charge is 0.433 e. The van der Waals surface area contributed by atoms with Gasteiger partial charge >= 0.3 is 6.18 Å². The molecule has 0 N–H and O–H groups in total. The van der Waals surface area contributed by atoms with Crippen LogP contribution in [0.1, 0.15) is 24.2 Å². The molecule has 0 unspecified atom stereocenters. The molecule has 5 nitrogen and oxygen atoms in total. The van der Waals surface area contributed by atoms with E-state index in [0.29, 0.717) is 24.3 Å². The number of hydrogen-bond acceptors (Lipinski definition) is 4. The van der Waals surface area contributed by atoms with Crippen molar-refractivity contribution < 1.29 is 13.2 Å². The van der Waals surface area contributed by atoms with Crippen LogP contribution in [0.15, 0.2) is 12.3 Å². The topological polar surface area (TPSA) is 46.8 Å². The molecule has 0 bridgehead atoms. The van der Waals surface area contributed by atoms with Crippen LogP contribution in [-0.2, 0) is 13.2 Å². The van der Waals surface area contributed by atoms with Crippen molar-refractivity contribution in [1.82, 2.24) is 19.7 Å². The van der Waals surface area contributed by atoms with E-state index < -0.39 is 11.9 Å². The average molecular weight is 311 g/mol. The van der Waals surface area contributed by atoms with E-state index in [1.54, 1.807) is 29.7 Å². The third-order valence-electron chi connectivity index (χ3n) is 3.68. The maximum Gasteiger partial charge on any atom is 0.433 e. The Hall–Kier alpha value is -2.12. The fourth-order valence-corrected chi connectivity index (χ4v) is 2.63. The summed E-state index contributed by atoms with van der Waals surface area (Å²) >= 11 is 0. The molecule has 1 aliphatic rings. The van der Waals surface area contributed by atoms with Crippen molar-refractivity contribution >= 4 is 5.95 Å². The summed E-state index contributed by atoms with van der Waals surface area (Å²) in [6.45, 7) is 3.12. The van der Waals surface area contributed by atoms with Gasteiger partial charge in [-0.15, -0.1) is 0 Å². The lowest BCUT2D eigenvalue weighted by Crippen LogP contribution is -2.22. The standard InChI is InChI=1S/C14H16F3N5/c1-9-10(8-21(2)20-9)11-7-12(14(15,16)17)19-13(18-11)22-5-3-4-6-22/h7-8H,3-6H2,1-2H3. The number of nitrogens with zero attached hydrogens (tertiary/aromatic N) is 5. The number of alkyl halides is 3. The lowest BCUT2D eigenvalue weighted by atomic mass is 10.1. The molecule has 3 rings (SSSR count). The Kier molecular flexibility index (Phi) is 3.54.